The number of carboxylic acid groups (broad SMARTS) is 1. The van der Waals surface area contributed by atoms with E-state index in [0.29, 0.717) is 51.6 Å². The van der Waals surface area contributed by atoms with E-state index in [1.807, 2.05) is 5.38 Å². The van der Waals surface area contributed by atoms with Crippen molar-refractivity contribution in [3.05, 3.63) is 177 Å². The number of carbonyl (C=O) groups is 1. The minimum atomic E-state index is -4.93. The van der Waals surface area contributed by atoms with Gasteiger partial charge in [-0.15, -0.1) is 22.7 Å². The van der Waals surface area contributed by atoms with Crippen molar-refractivity contribution in [1.29, 1.82) is 10.5 Å². The van der Waals surface area contributed by atoms with Gasteiger partial charge in [-0.05, 0) is 104 Å². The monoisotopic (exact) mass is 1400 g/mol. The van der Waals surface area contributed by atoms with Crippen LogP contribution in [0, 0.1) is 45.9 Å². The molecule has 8 rings (SSSR count). The first-order chi connectivity index (χ1) is 44.7. The Labute approximate surface area is 555 Å². The number of unbranched alkanes of at least 4 members (excludes halogenated alkanes) is 1. The molecule has 0 bridgehead atoms. The summed E-state index contributed by atoms with van der Waals surface area (Å²) in [5.41, 5.74) is 8.92. The van der Waals surface area contributed by atoms with Crippen LogP contribution >= 0.6 is 38.3 Å². The molecule has 5 atom stereocenters. The first-order valence-electron chi connectivity index (χ1n) is 29.1. The molecule has 0 saturated heterocycles. The van der Waals surface area contributed by atoms with E-state index >= 15 is 8.78 Å². The van der Waals surface area contributed by atoms with Crippen LogP contribution in [-0.4, -0.2) is 109 Å². The molecule has 0 saturated carbocycles. The number of aromatic nitrogens is 8. The van der Waals surface area contributed by atoms with E-state index in [9.17, 15) is 32.5 Å². The minimum absolute atomic E-state index is 0.00562. The molecule has 0 unspecified atom stereocenters. The van der Waals surface area contributed by atoms with Gasteiger partial charge in [-0.1, -0.05) is 56.7 Å². The number of halogens is 4. The van der Waals surface area contributed by atoms with Crippen LogP contribution < -0.4 is 11.5 Å². The Kier molecular flexibility index (Phi) is 29.3. The Balaban J connectivity index is 0.000000293. The van der Waals surface area contributed by atoms with Crippen molar-refractivity contribution in [2.45, 2.75) is 135 Å². The van der Waals surface area contributed by atoms with Crippen LogP contribution in [-0.2, 0) is 65.8 Å². The molecule has 8 N–H and O–H groups in total. The molecular weight excluding hydrogens is 1320 g/mol. The van der Waals surface area contributed by atoms with Crippen molar-refractivity contribution in [3.8, 4) is 34.7 Å². The van der Waals surface area contributed by atoms with Gasteiger partial charge >= 0.3 is 21.6 Å². The molecule has 4 aromatic carbocycles. The van der Waals surface area contributed by atoms with Crippen LogP contribution in [0.1, 0.15) is 126 Å². The number of phosphoric ester groups is 2. The molecule has 0 aliphatic heterocycles. The zero-order chi connectivity index (χ0) is 70.4. The molecule has 512 valence electrons. The van der Waals surface area contributed by atoms with Crippen molar-refractivity contribution in [2.75, 3.05) is 26.7 Å². The number of benzene rings is 4. The quantitative estimate of drug-likeness (QED) is 0.0120. The van der Waals surface area contributed by atoms with Crippen molar-refractivity contribution in [1.82, 2.24) is 39.5 Å². The molecule has 8 aromatic rings. The fraction of sp³-hybridized carbons (Fsp3) is 0.403. The van der Waals surface area contributed by atoms with E-state index in [0.717, 1.165) is 42.2 Å². The van der Waals surface area contributed by atoms with Crippen LogP contribution in [0.2, 0.25) is 0 Å². The smallest absolute Gasteiger partial charge is 0.477 e. The minimum Gasteiger partial charge on any atom is -0.480 e. The highest BCUT2D eigenvalue weighted by atomic mass is 32.1. The number of nitrogens with two attached hydrogens (primary N) is 2. The standard InChI is InChI=1S/C31H36F2N5O5PS.C23H20F2N5O5PS.C6H14N2O2.C2H6O/c1-21(28-37-27(16-45-28)23-10-8-22(15-34)9-11-23)31(17-38-19-35-18-36-38,25-13-12-24(32)14-26(25)33)40-20-41-44(39,42-29(2,3)4)43-30(5,6)7;1-15(22-29-21(10-37-22)17-4-2-16(9-26)3-5-17)23(11-30-13-27-12-28-30,34-14-35-36(31,32)33)19-7-6-18(24)8-20(19)25;7-4-2-1-3-5(8)6(9)10;1-2-3/h8-14,16,18-19,21H,17,20H2,1-7H3;2-8,10,12-13,15H,11,14H2,1H3,(H2,31,32,33);5H,1-4,7-8H2,(H,9,10);3H,2H2,1H3/t21-,31+;15-,23+;5-;/m000./s1. The number of ether oxygens (including phenoxy) is 2. The Morgan fingerprint density at radius 1 is 0.674 bits per heavy atom. The number of nitriles is 2. The lowest BCUT2D eigenvalue weighted by Gasteiger charge is -2.39. The van der Waals surface area contributed by atoms with E-state index in [2.05, 4.69) is 41.8 Å². The fourth-order valence-corrected chi connectivity index (χ4v) is 12.8. The predicted molar refractivity (Wildman–Crippen MR) is 344 cm³/mol. The lowest BCUT2D eigenvalue weighted by atomic mass is 9.81. The predicted octanol–water partition coefficient (Wildman–Crippen LogP) is 11.8. The van der Waals surface area contributed by atoms with Crippen LogP contribution in [0.25, 0.3) is 22.5 Å². The van der Waals surface area contributed by atoms with E-state index in [4.69, 9.17) is 60.2 Å². The summed E-state index contributed by atoms with van der Waals surface area (Å²) in [6.07, 6.45) is 7.54. The maximum Gasteiger partial charge on any atom is 0.477 e. The Bertz CT molecular complexity index is 3860. The molecule has 25 nitrogen and oxygen atoms in total. The van der Waals surface area contributed by atoms with Gasteiger partial charge < -0.3 is 40.9 Å². The molecule has 0 amide bonds. The average molecular weight is 1400 g/mol. The van der Waals surface area contributed by atoms with Crippen LogP contribution in [0.4, 0.5) is 17.6 Å². The summed E-state index contributed by atoms with van der Waals surface area (Å²) in [6.45, 7) is 14.4. The second-order valence-electron chi connectivity index (χ2n) is 22.9. The number of phosphoric acid groups is 2. The molecule has 4 aromatic heterocycles. The SMILES string of the molecule is CCO.C[C@@H](c1nc(-c2ccc(C#N)cc2)cs1)[C@@](Cn1cncn1)(OCOP(=O)(O)O)c1ccc(F)cc1F.C[C@@H](c1nc(-c2ccc(C#N)cc2)cs1)[C@@](Cn1cncn1)(OCOP(=O)(OC(C)(C)C)OC(C)(C)C)c1ccc(F)cc1F.NCCCC[C@H](N)C(=O)O. The largest absolute Gasteiger partial charge is 0.480 e. The van der Waals surface area contributed by atoms with Gasteiger partial charge in [-0.3, -0.25) is 22.9 Å². The van der Waals surface area contributed by atoms with Crippen LogP contribution in [0.5, 0.6) is 0 Å². The summed E-state index contributed by atoms with van der Waals surface area (Å²) < 4.78 is 121. The maximum absolute atomic E-state index is 15.7. The highest BCUT2D eigenvalue weighted by Gasteiger charge is 2.48. The second kappa shape index (κ2) is 35.6. The normalized spacial score (nSPS) is 14.0. The number of aliphatic carboxylic acids is 1. The molecule has 33 heteroatoms. The zero-order valence-corrected chi connectivity index (χ0v) is 56.9. The number of rotatable bonds is 27. The van der Waals surface area contributed by atoms with E-state index in [1.165, 1.54) is 69.5 Å². The second-order valence-corrected chi connectivity index (χ2v) is 27.4. The Morgan fingerprint density at radius 3 is 1.40 bits per heavy atom. The molecule has 4 heterocycles. The third-order valence-electron chi connectivity index (χ3n) is 13.4. The lowest BCUT2D eigenvalue weighted by Crippen LogP contribution is -2.41. The van der Waals surface area contributed by atoms with Gasteiger partial charge in [0.1, 0.15) is 65.8 Å². The maximum atomic E-state index is 15.7. The number of aliphatic hydroxyl groups is 1. The summed E-state index contributed by atoms with van der Waals surface area (Å²) in [6, 6.07) is 23.3. The lowest BCUT2D eigenvalue weighted by molar-refractivity contribution is -0.148. The number of hydrogen-bond donors (Lipinski definition) is 6. The molecule has 0 aliphatic rings. The third kappa shape index (κ3) is 23.7. The van der Waals surface area contributed by atoms with Crippen molar-refractivity contribution < 1.29 is 79.1 Å². The topological polar surface area (TPSA) is 374 Å². The summed E-state index contributed by atoms with van der Waals surface area (Å²) in [5, 5.41) is 47.0. The van der Waals surface area contributed by atoms with Crippen LogP contribution in [0.3, 0.4) is 0 Å². The first kappa shape index (κ1) is 78.3. The molecule has 0 radical (unpaired) electrons. The van der Waals surface area contributed by atoms with Gasteiger partial charge in [-0.2, -0.15) is 20.7 Å². The van der Waals surface area contributed by atoms with E-state index in [1.54, 1.807) is 116 Å². The summed E-state index contributed by atoms with van der Waals surface area (Å²) in [5.74, 6) is -5.78. The van der Waals surface area contributed by atoms with Crippen molar-refractivity contribution in [3.63, 3.8) is 0 Å². The number of hydrogen-bond acceptors (Lipinski definition) is 22. The summed E-state index contributed by atoms with van der Waals surface area (Å²) in [4.78, 5) is 45.9. The van der Waals surface area contributed by atoms with Gasteiger partial charge in [0.15, 0.2) is 13.6 Å². The first-order valence-corrected chi connectivity index (χ1v) is 33.9. The number of thiazole rings is 2. The summed E-state index contributed by atoms with van der Waals surface area (Å²) in [7, 11) is -9.15. The van der Waals surface area contributed by atoms with Crippen molar-refractivity contribution in [2.24, 2.45) is 11.5 Å². The average Bonchev–Trinajstić information content (AvgIpc) is 1.74. The zero-order valence-electron chi connectivity index (χ0n) is 53.5. The molecule has 0 fully saturated rings. The fourth-order valence-electron chi connectivity index (χ4n) is 9.02. The molecule has 95 heavy (non-hydrogen) atoms. The van der Waals surface area contributed by atoms with Gasteiger partial charge in [-0.25, -0.2) is 56.0 Å². The summed E-state index contributed by atoms with van der Waals surface area (Å²) >= 11 is 2.57. The number of carboxylic acids is 1. The van der Waals surface area contributed by atoms with E-state index < -0.39 is 98.8 Å². The Hall–Kier alpha value is -7.39. The van der Waals surface area contributed by atoms with Crippen LogP contribution in [0.15, 0.2) is 121 Å². The Morgan fingerprint density at radius 2 is 1.07 bits per heavy atom. The molecule has 0 spiro atoms. The van der Waals surface area contributed by atoms with E-state index in [-0.39, 0.29) is 30.8 Å². The molecule has 0 aliphatic carbocycles. The van der Waals surface area contributed by atoms with Crippen molar-refractivity contribution >= 4 is 44.3 Å². The number of nitrogens with zero attached hydrogens (tertiary/aromatic N) is 10. The molecular formula is C62H76F4N12O13P2S2. The van der Waals surface area contributed by atoms with Gasteiger partial charge in [0, 0.05) is 63.6 Å². The van der Waals surface area contributed by atoms with Gasteiger partial charge in [0.05, 0.1) is 69.0 Å². The van der Waals surface area contributed by atoms with Gasteiger partial charge in [0.25, 0.3) is 0 Å². The third-order valence-corrected chi connectivity index (χ3v) is 17.9. The highest BCUT2D eigenvalue weighted by Crippen LogP contribution is 2.56. The number of aliphatic hydroxyl groups excluding tert-OH is 1. The highest BCUT2D eigenvalue weighted by molar-refractivity contribution is 7.48. The van der Waals surface area contributed by atoms with Gasteiger partial charge in [0.2, 0.25) is 0 Å².